The zero-order valence-corrected chi connectivity index (χ0v) is 11.9. The second kappa shape index (κ2) is 6.54. The van der Waals surface area contributed by atoms with Gasteiger partial charge >= 0.3 is 5.97 Å². The van der Waals surface area contributed by atoms with Gasteiger partial charge in [0.05, 0.1) is 6.10 Å². The Morgan fingerprint density at radius 3 is 2.55 bits per heavy atom. The Balaban J connectivity index is 1.79. The summed E-state index contributed by atoms with van der Waals surface area (Å²) in [5.74, 6) is -0.818. The first-order valence-corrected chi connectivity index (χ1v) is 7.29. The fourth-order valence-electron chi connectivity index (χ4n) is 2.91. The molecule has 1 amide bonds. The number of rotatable bonds is 6. The zero-order chi connectivity index (χ0) is 14.6. The summed E-state index contributed by atoms with van der Waals surface area (Å²) in [6.45, 7) is 3.42. The number of hydrogen-bond acceptors (Lipinski definition) is 4. The minimum Gasteiger partial charge on any atom is -0.480 e. The number of aliphatic carboxylic acids is 1. The van der Waals surface area contributed by atoms with Crippen molar-refractivity contribution in [3.8, 4) is 0 Å². The second-order valence-corrected chi connectivity index (χ2v) is 5.67. The molecule has 2 aliphatic rings. The van der Waals surface area contributed by atoms with Gasteiger partial charge in [-0.1, -0.05) is 0 Å². The SMILES string of the molecule is CCOC1CC(CC(=O)NC2(C(=O)O)CCOCC2)C1. The van der Waals surface area contributed by atoms with Gasteiger partial charge in [0.15, 0.2) is 0 Å². The van der Waals surface area contributed by atoms with Crippen LogP contribution in [0, 0.1) is 5.92 Å². The number of carboxylic acid groups (broad SMARTS) is 1. The lowest BCUT2D eigenvalue weighted by Crippen LogP contribution is -2.58. The molecule has 6 nitrogen and oxygen atoms in total. The topological polar surface area (TPSA) is 84.9 Å². The van der Waals surface area contributed by atoms with E-state index in [1.54, 1.807) is 0 Å². The smallest absolute Gasteiger partial charge is 0.329 e. The first kappa shape index (κ1) is 15.3. The number of carbonyl (C=O) groups is 2. The molecule has 0 aromatic heterocycles. The Hall–Kier alpha value is -1.14. The van der Waals surface area contributed by atoms with Crippen molar-refractivity contribution >= 4 is 11.9 Å². The van der Waals surface area contributed by atoms with E-state index in [4.69, 9.17) is 9.47 Å². The summed E-state index contributed by atoms with van der Waals surface area (Å²) >= 11 is 0. The van der Waals surface area contributed by atoms with Crippen LogP contribution in [0.25, 0.3) is 0 Å². The van der Waals surface area contributed by atoms with E-state index in [1.807, 2.05) is 6.92 Å². The molecule has 0 unspecified atom stereocenters. The van der Waals surface area contributed by atoms with Crippen molar-refractivity contribution in [3.63, 3.8) is 0 Å². The summed E-state index contributed by atoms with van der Waals surface area (Å²) in [6.07, 6.45) is 3.11. The van der Waals surface area contributed by atoms with Gasteiger partial charge in [-0.25, -0.2) is 4.79 Å². The number of carboxylic acids is 1. The van der Waals surface area contributed by atoms with Crippen LogP contribution in [0.2, 0.25) is 0 Å². The number of nitrogens with one attached hydrogen (secondary N) is 1. The van der Waals surface area contributed by atoms with E-state index in [-0.39, 0.29) is 12.0 Å². The van der Waals surface area contributed by atoms with E-state index in [0.29, 0.717) is 45.0 Å². The molecule has 114 valence electrons. The molecule has 6 heteroatoms. The minimum absolute atomic E-state index is 0.172. The lowest BCUT2D eigenvalue weighted by atomic mass is 9.79. The van der Waals surface area contributed by atoms with Gasteiger partial charge in [0.25, 0.3) is 0 Å². The van der Waals surface area contributed by atoms with Crippen molar-refractivity contribution < 1.29 is 24.2 Å². The maximum Gasteiger partial charge on any atom is 0.329 e. The van der Waals surface area contributed by atoms with E-state index in [9.17, 15) is 14.7 Å². The fourth-order valence-corrected chi connectivity index (χ4v) is 2.91. The summed E-state index contributed by atoms with van der Waals surface area (Å²) in [6, 6.07) is 0. The van der Waals surface area contributed by atoms with Crippen LogP contribution in [-0.2, 0) is 19.1 Å². The van der Waals surface area contributed by atoms with Crippen LogP contribution in [0.1, 0.15) is 39.0 Å². The van der Waals surface area contributed by atoms with Crippen molar-refractivity contribution in [1.82, 2.24) is 5.32 Å². The molecule has 20 heavy (non-hydrogen) atoms. The highest BCUT2D eigenvalue weighted by molar-refractivity contribution is 5.87. The highest BCUT2D eigenvalue weighted by Crippen LogP contribution is 2.33. The Bertz CT molecular complexity index is 359. The maximum atomic E-state index is 12.0. The number of hydrogen-bond donors (Lipinski definition) is 2. The standard InChI is InChI=1S/C14H23NO5/c1-2-20-11-7-10(8-11)9-12(16)15-14(13(17)18)3-5-19-6-4-14/h10-11H,2-9H2,1H3,(H,15,16)(H,17,18). The van der Waals surface area contributed by atoms with Crippen molar-refractivity contribution in [2.75, 3.05) is 19.8 Å². The number of ether oxygens (including phenoxy) is 2. The molecular weight excluding hydrogens is 262 g/mol. The molecule has 0 spiro atoms. The van der Waals surface area contributed by atoms with E-state index in [1.165, 1.54) is 0 Å². The first-order chi connectivity index (χ1) is 9.55. The normalized spacial score (nSPS) is 28.4. The van der Waals surface area contributed by atoms with Gasteiger partial charge < -0.3 is 19.9 Å². The first-order valence-electron chi connectivity index (χ1n) is 7.29. The van der Waals surface area contributed by atoms with Gasteiger partial charge in [-0.05, 0) is 25.7 Å². The molecular formula is C14H23NO5. The van der Waals surface area contributed by atoms with E-state index >= 15 is 0 Å². The summed E-state index contributed by atoms with van der Waals surface area (Å²) in [4.78, 5) is 23.5. The Morgan fingerprint density at radius 1 is 1.35 bits per heavy atom. The number of carbonyl (C=O) groups excluding carboxylic acids is 1. The van der Waals surface area contributed by atoms with E-state index in [2.05, 4.69) is 5.32 Å². The Morgan fingerprint density at radius 2 is 2.00 bits per heavy atom. The fraction of sp³-hybridized carbons (Fsp3) is 0.857. The van der Waals surface area contributed by atoms with Gasteiger partial charge in [-0.2, -0.15) is 0 Å². The minimum atomic E-state index is -1.14. The predicted octanol–water partition coefficient (Wildman–Crippen LogP) is 0.942. The third kappa shape index (κ3) is 3.49. The van der Waals surface area contributed by atoms with Gasteiger partial charge in [-0.3, -0.25) is 4.79 Å². The maximum absolute atomic E-state index is 12.0. The zero-order valence-electron chi connectivity index (χ0n) is 11.9. The predicted molar refractivity (Wildman–Crippen MR) is 71.3 cm³/mol. The van der Waals surface area contributed by atoms with Crippen molar-refractivity contribution in [2.45, 2.75) is 50.7 Å². The lowest BCUT2D eigenvalue weighted by molar-refractivity contribution is -0.152. The van der Waals surface area contributed by atoms with Crippen molar-refractivity contribution in [3.05, 3.63) is 0 Å². The monoisotopic (exact) mass is 285 g/mol. The van der Waals surface area contributed by atoms with Crippen LogP contribution in [0.3, 0.4) is 0 Å². The largest absolute Gasteiger partial charge is 0.480 e. The molecule has 2 fully saturated rings. The summed E-state index contributed by atoms with van der Waals surface area (Å²) in [7, 11) is 0. The molecule has 1 saturated heterocycles. The molecule has 0 atom stereocenters. The van der Waals surface area contributed by atoms with Gasteiger partial charge in [-0.15, -0.1) is 0 Å². The highest BCUT2D eigenvalue weighted by Gasteiger charge is 2.42. The van der Waals surface area contributed by atoms with Gasteiger partial charge in [0, 0.05) is 39.1 Å². The second-order valence-electron chi connectivity index (χ2n) is 5.67. The van der Waals surface area contributed by atoms with Crippen LogP contribution in [-0.4, -0.2) is 48.4 Å². The summed E-state index contributed by atoms with van der Waals surface area (Å²) < 4.78 is 10.6. The molecule has 1 heterocycles. The molecule has 2 N–H and O–H groups in total. The molecule has 1 aliphatic heterocycles. The Labute approximate surface area is 118 Å². The quantitative estimate of drug-likeness (QED) is 0.758. The molecule has 1 saturated carbocycles. The van der Waals surface area contributed by atoms with Crippen LogP contribution in [0.4, 0.5) is 0 Å². The number of amides is 1. The van der Waals surface area contributed by atoms with Gasteiger partial charge in [0.1, 0.15) is 5.54 Å². The molecule has 0 radical (unpaired) electrons. The lowest BCUT2D eigenvalue weighted by Gasteiger charge is -2.37. The van der Waals surface area contributed by atoms with Crippen LogP contribution in [0.5, 0.6) is 0 Å². The van der Waals surface area contributed by atoms with Crippen LogP contribution >= 0.6 is 0 Å². The van der Waals surface area contributed by atoms with E-state index in [0.717, 1.165) is 12.8 Å². The third-order valence-electron chi connectivity index (χ3n) is 4.20. The summed E-state index contributed by atoms with van der Waals surface area (Å²) in [5.41, 5.74) is -1.14. The van der Waals surface area contributed by atoms with Crippen LogP contribution in [0.15, 0.2) is 0 Å². The third-order valence-corrected chi connectivity index (χ3v) is 4.20. The van der Waals surface area contributed by atoms with E-state index < -0.39 is 11.5 Å². The Kier molecular flexibility index (Phi) is 4.99. The average molecular weight is 285 g/mol. The van der Waals surface area contributed by atoms with Crippen molar-refractivity contribution in [2.24, 2.45) is 5.92 Å². The van der Waals surface area contributed by atoms with Crippen LogP contribution < -0.4 is 5.32 Å². The summed E-state index contributed by atoms with van der Waals surface area (Å²) in [5, 5.41) is 12.1. The molecule has 0 aromatic carbocycles. The van der Waals surface area contributed by atoms with Gasteiger partial charge in [0.2, 0.25) is 5.91 Å². The average Bonchev–Trinajstić information content (AvgIpc) is 2.37. The van der Waals surface area contributed by atoms with Crippen molar-refractivity contribution in [1.29, 1.82) is 0 Å². The molecule has 1 aliphatic carbocycles. The molecule has 2 rings (SSSR count). The molecule has 0 aromatic rings. The highest BCUT2D eigenvalue weighted by atomic mass is 16.5. The molecule has 0 bridgehead atoms.